The van der Waals surface area contributed by atoms with Crippen LogP contribution in [-0.2, 0) is 0 Å². The summed E-state index contributed by atoms with van der Waals surface area (Å²) in [6.07, 6.45) is 10.1. The average molecular weight is 413 g/mol. The van der Waals surface area contributed by atoms with Crippen LogP contribution in [0, 0.1) is 0 Å². The molecule has 156 valence electrons. The molecule has 0 bridgehead atoms. The van der Waals surface area contributed by atoms with E-state index in [9.17, 15) is 4.79 Å². The number of amides is 1. The Morgan fingerprint density at radius 1 is 0.897 bits per heavy atom. The third kappa shape index (κ3) is 4.15. The summed E-state index contributed by atoms with van der Waals surface area (Å²) in [7, 11) is 0. The summed E-state index contributed by atoms with van der Waals surface area (Å²) >= 11 is 1.74. The molecule has 3 fully saturated rings. The lowest BCUT2D eigenvalue weighted by atomic mass is 9.99. The van der Waals surface area contributed by atoms with Gasteiger partial charge in [-0.2, -0.15) is 0 Å². The van der Waals surface area contributed by atoms with Gasteiger partial charge in [0.25, 0.3) is 5.91 Å². The third-order valence-corrected chi connectivity index (χ3v) is 7.99. The number of likely N-dealkylation sites (tertiary alicyclic amines) is 2. The molecule has 5 rings (SSSR count). The average Bonchev–Trinajstić information content (AvgIpc) is 3.23. The highest BCUT2D eigenvalue weighted by Crippen LogP contribution is 2.31. The summed E-state index contributed by atoms with van der Waals surface area (Å²) < 4.78 is 1.14. The predicted octanol–water partition coefficient (Wildman–Crippen LogP) is 4.38. The molecule has 0 N–H and O–H groups in total. The normalized spacial score (nSPS) is 22.3. The Kier molecular flexibility index (Phi) is 5.73. The van der Waals surface area contributed by atoms with E-state index in [1.54, 1.807) is 11.3 Å². The first-order valence-corrected chi connectivity index (χ1v) is 12.3. The molecule has 0 radical (unpaired) electrons. The van der Waals surface area contributed by atoms with Gasteiger partial charge in [0.15, 0.2) is 5.13 Å². The summed E-state index contributed by atoms with van der Waals surface area (Å²) in [4.78, 5) is 25.1. The van der Waals surface area contributed by atoms with Crippen LogP contribution < -0.4 is 4.90 Å². The number of piperidine rings is 3. The number of rotatable bonds is 3. The lowest BCUT2D eigenvalue weighted by Crippen LogP contribution is -2.48. The Morgan fingerprint density at radius 2 is 1.59 bits per heavy atom. The number of hydrogen-bond donors (Lipinski definition) is 0. The van der Waals surface area contributed by atoms with Gasteiger partial charge in [0.05, 0.1) is 10.2 Å². The summed E-state index contributed by atoms with van der Waals surface area (Å²) in [5.41, 5.74) is 1.85. The van der Waals surface area contributed by atoms with Gasteiger partial charge < -0.3 is 14.7 Å². The zero-order valence-corrected chi connectivity index (χ0v) is 18.1. The Hall–Kier alpha value is -1.66. The van der Waals surface area contributed by atoms with Gasteiger partial charge >= 0.3 is 0 Å². The maximum Gasteiger partial charge on any atom is 0.253 e. The fourth-order valence-corrected chi connectivity index (χ4v) is 6.22. The first-order chi connectivity index (χ1) is 14.3. The molecule has 4 heterocycles. The first kappa shape index (κ1) is 19.3. The highest BCUT2D eigenvalue weighted by molar-refractivity contribution is 7.22. The van der Waals surface area contributed by atoms with Gasteiger partial charge in [-0.25, -0.2) is 4.98 Å². The van der Waals surface area contributed by atoms with Crippen LogP contribution in [0.2, 0.25) is 0 Å². The molecule has 3 aliphatic rings. The molecule has 29 heavy (non-hydrogen) atoms. The van der Waals surface area contributed by atoms with E-state index in [1.807, 2.05) is 12.1 Å². The van der Waals surface area contributed by atoms with Gasteiger partial charge in [0, 0.05) is 37.8 Å². The Bertz CT molecular complexity index is 846. The number of fused-ring (bicyclic) bond motifs is 1. The third-order valence-electron chi connectivity index (χ3n) is 6.91. The molecule has 0 spiro atoms. The van der Waals surface area contributed by atoms with E-state index in [2.05, 4.69) is 20.8 Å². The van der Waals surface area contributed by atoms with Crippen LogP contribution in [0.4, 0.5) is 5.13 Å². The molecule has 0 unspecified atom stereocenters. The maximum absolute atomic E-state index is 13.1. The van der Waals surface area contributed by atoms with Gasteiger partial charge in [-0.15, -0.1) is 0 Å². The quantitative estimate of drug-likeness (QED) is 0.750. The molecule has 0 saturated carbocycles. The summed E-state index contributed by atoms with van der Waals surface area (Å²) in [5.74, 6) is 0.192. The topological polar surface area (TPSA) is 39.7 Å². The van der Waals surface area contributed by atoms with Crippen molar-refractivity contribution >= 4 is 32.6 Å². The summed E-state index contributed by atoms with van der Waals surface area (Å²) in [6, 6.07) is 6.75. The van der Waals surface area contributed by atoms with Crippen LogP contribution in [0.25, 0.3) is 10.2 Å². The van der Waals surface area contributed by atoms with Gasteiger partial charge in [0.1, 0.15) is 0 Å². The molecular weight excluding hydrogens is 380 g/mol. The van der Waals surface area contributed by atoms with Crippen molar-refractivity contribution in [3.05, 3.63) is 23.8 Å². The van der Waals surface area contributed by atoms with E-state index in [1.165, 1.54) is 51.6 Å². The van der Waals surface area contributed by atoms with E-state index in [0.717, 1.165) is 59.9 Å². The number of benzene rings is 1. The Morgan fingerprint density at radius 3 is 2.31 bits per heavy atom. The van der Waals surface area contributed by atoms with Crippen molar-refractivity contribution in [3.8, 4) is 0 Å². The van der Waals surface area contributed by atoms with Gasteiger partial charge in [-0.3, -0.25) is 4.79 Å². The zero-order chi connectivity index (χ0) is 19.6. The molecule has 3 aliphatic heterocycles. The van der Waals surface area contributed by atoms with Crippen LogP contribution >= 0.6 is 11.3 Å². The zero-order valence-electron chi connectivity index (χ0n) is 17.3. The van der Waals surface area contributed by atoms with Crippen LogP contribution in [-0.4, -0.2) is 66.0 Å². The predicted molar refractivity (Wildman–Crippen MR) is 120 cm³/mol. The van der Waals surface area contributed by atoms with Crippen LogP contribution in [0.3, 0.4) is 0 Å². The largest absolute Gasteiger partial charge is 0.348 e. The number of anilines is 1. The number of thiazole rings is 1. The number of carbonyl (C=O) groups is 1. The van der Waals surface area contributed by atoms with Gasteiger partial charge in [0.2, 0.25) is 0 Å². The second-order valence-corrected chi connectivity index (χ2v) is 9.86. The smallest absolute Gasteiger partial charge is 0.253 e. The first-order valence-electron chi connectivity index (χ1n) is 11.5. The molecule has 5 nitrogen and oxygen atoms in total. The maximum atomic E-state index is 13.1. The minimum Gasteiger partial charge on any atom is -0.348 e. The van der Waals surface area contributed by atoms with Crippen molar-refractivity contribution in [2.45, 2.75) is 57.4 Å². The molecule has 1 aromatic carbocycles. The van der Waals surface area contributed by atoms with E-state index < -0.39 is 0 Å². The molecule has 2 aromatic rings. The van der Waals surface area contributed by atoms with E-state index >= 15 is 0 Å². The standard InChI is InChI=1S/C23H32N4OS/c28-22(26-15-9-19(10-16-26)25-11-3-1-4-12-25)18-7-8-20-21(17-18)29-23(24-20)27-13-5-2-6-14-27/h7-8,17,19H,1-6,9-16H2. The molecule has 1 aromatic heterocycles. The van der Waals surface area contributed by atoms with Crippen molar-refractivity contribution in [2.24, 2.45) is 0 Å². The van der Waals surface area contributed by atoms with Gasteiger partial charge in [-0.05, 0) is 76.2 Å². The minimum absolute atomic E-state index is 0.192. The summed E-state index contributed by atoms with van der Waals surface area (Å²) in [6.45, 7) is 6.49. The van der Waals surface area contributed by atoms with Crippen LogP contribution in [0.1, 0.15) is 61.7 Å². The van der Waals surface area contributed by atoms with Gasteiger partial charge in [-0.1, -0.05) is 17.8 Å². The number of hydrogen-bond acceptors (Lipinski definition) is 5. The molecule has 1 amide bonds. The fourth-order valence-electron chi connectivity index (χ4n) is 5.17. The lowest BCUT2D eigenvalue weighted by molar-refractivity contribution is 0.0590. The number of carbonyl (C=O) groups excluding carboxylic acids is 1. The molecule has 0 atom stereocenters. The van der Waals surface area contributed by atoms with E-state index in [0.29, 0.717) is 6.04 Å². The van der Waals surface area contributed by atoms with Crippen molar-refractivity contribution in [3.63, 3.8) is 0 Å². The van der Waals surface area contributed by atoms with Crippen molar-refractivity contribution < 1.29 is 4.79 Å². The Balaban J connectivity index is 1.25. The van der Waals surface area contributed by atoms with Crippen molar-refractivity contribution in [1.29, 1.82) is 0 Å². The van der Waals surface area contributed by atoms with E-state index in [4.69, 9.17) is 4.98 Å². The molecule has 3 saturated heterocycles. The van der Waals surface area contributed by atoms with Crippen LogP contribution in [0.5, 0.6) is 0 Å². The SMILES string of the molecule is O=C(c1ccc2nc(N3CCCCC3)sc2c1)N1CCC(N2CCCCC2)CC1. The highest BCUT2D eigenvalue weighted by Gasteiger charge is 2.28. The number of aromatic nitrogens is 1. The van der Waals surface area contributed by atoms with Crippen molar-refractivity contribution in [1.82, 2.24) is 14.8 Å². The molecular formula is C23H32N4OS. The van der Waals surface area contributed by atoms with Crippen LogP contribution in [0.15, 0.2) is 18.2 Å². The second kappa shape index (κ2) is 8.60. The summed E-state index contributed by atoms with van der Waals surface area (Å²) in [5, 5.41) is 1.12. The number of nitrogens with zero attached hydrogens (tertiary/aromatic N) is 4. The highest BCUT2D eigenvalue weighted by atomic mass is 32.1. The minimum atomic E-state index is 0.192. The van der Waals surface area contributed by atoms with E-state index in [-0.39, 0.29) is 5.91 Å². The van der Waals surface area contributed by atoms with Crippen molar-refractivity contribution in [2.75, 3.05) is 44.2 Å². The molecule has 6 heteroatoms. The molecule has 0 aliphatic carbocycles. The Labute approximate surface area is 177 Å². The fraction of sp³-hybridized carbons (Fsp3) is 0.652. The monoisotopic (exact) mass is 412 g/mol. The second-order valence-electron chi connectivity index (χ2n) is 8.85. The lowest BCUT2D eigenvalue weighted by Gasteiger charge is -2.40.